The number of aromatic nitrogens is 2. The third-order valence-corrected chi connectivity index (χ3v) is 7.82. The van der Waals surface area contributed by atoms with Crippen LogP contribution < -0.4 is 10.9 Å². The fraction of sp³-hybridized carbons (Fsp3) is 0.379. The van der Waals surface area contributed by atoms with E-state index in [1.807, 2.05) is 50.2 Å². The summed E-state index contributed by atoms with van der Waals surface area (Å²) in [5, 5.41) is 3.37. The van der Waals surface area contributed by atoms with Gasteiger partial charge in [0.05, 0.1) is 17.0 Å². The summed E-state index contributed by atoms with van der Waals surface area (Å²) in [7, 11) is 0. The molecule has 4 rings (SSSR count). The number of carbonyl (C=O) groups excluding carboxylic acids is 1. The molecule has 1 fully saturated rings. The van der Waals surface area contributed by atoms with E-state index < -0.39 is 0 Å². The Morgan fingerprint density at radius 3 is 2.43 bits per heavy atom. The van der Waals surface area contributed by atoms with Gasteiger partial charge in [0.15, 0.2) is 0 Å². The summed E-state index contributed by atoms with van der Waals surface area (Å²) in [5.74, 6) is 0.317. The largest absolute Gasteiger partial charge is 0.369 e. The average Bonchev–Trinajstić information content (AvgIpc) is 3.14. The molecule has 0 unspecified atom stereocenters. The van der Waals surface area contributed by atoms with Gasteiger partial charge in [0, 0.05) is 12.7 Å². The smallest absolute Gasteiger partial charge is 0.267 e. The SMILES string of the molecule is CCCCCCCCNc1nc2ccc(C)cn2c(=O)c1C=C1SC(=S)N(Cc2ccc(C)cc2)C1=O. The lowest BCUT2D eigenvalue weighted by Gasteiger charge is -2.14. The number of pyridine rings is 1. The molecule has 194 valence electrons. The predicted octanol–water partition coefficient (Wildman–Crippen LogP) is 6.49. The molecule has 1 saturated heterocycles. The highest BCUT2D eigenvalue weighted by atomic mass is 32.2. The number of thiocarbonyl (C=S) groups is 1. The first-order valence-corrected chi connectivity index (χ1v) is 14.2. The Kier molecular flexibility index (Phi) is 9.16. The summed E-state index contributed by atoms with van der Waals surface area (Å²) >= 11 is 6.77. The van der Waals surface area contributed by atoms with Crippen molar-refractivity contribution >= 4 is 51.7 Å². The number of anilines is 1. The van der Waals surface area contributed by atoms with E-state index in [0.717, 1.165) is 36.1 Å². The lowest BCUT2D eigenvalue weighted by Crippen LogP contribution is -2.27. The molecule has 8 heteroatoms. The molecule has 0 bridgehead atoms. The van der Waals surface area contributed by atoms with Crippen LogP contribution in [0.3, 0.4) is 0 Å². The second kappa shape index (κ2) is 12.5. The molecular weight excluding hydrogens is 500 g/mol. The standard InChI is InChI=1S/C29H34N4O2S2/c1-4-5-6-7-8-9-16-30-26-23(27(34)32-18-21(3)12-15-25(32)31-26)17-24-28(35)33(29(36)37-24)19-22-13-10-20(2)11-14-22/h10-15,17-18,30H,4-9,16,19H2,1-3H3. The van der Waals surface area contributed by atoms with E-state index in [0.29, 0.717) is 32.8 Å². The zero-order valence-electron chi connectivity index (χ0n) is 21.8. The minimum absolute atomic E-state index is 0.189. The van der Waals surface area contributed by atoms with Gasteiger partial charge in [-0.3, -0.25) is 18.9 Å². The minimum Gasteiger partial charge on any atom is -0.369 e. The molecule has 2 aromatic heterocycles. The maximum absolute atomic E-state index is 13.6. The first-order valence-electron chi connectivity index (χ1n) is 12.9. The molecule has 1 amide bonds. The fourth-order valence-electron chi connectivity index (χ4n) is 4.28. The number of benzene rings is 1. The number of fused-ring (bicyclic) bond motifs is 1. The predicted molar refractivity (Wildman–Crippen MR) is 158 cm³/mol. The van der Waals surface area contributed by atoms with Crippen molar-refractivity contribution in [2.75, 3.05) is 11.9 Å². The van der Waals surface area contributed by atoms with Gasteiger partial charge in [-0.05, 0) is 43.5 Å². The molecule has 37 heavy (non-hydrogen) atoms. The Bertz CT molecular complexity index is 1380. The van der Waals surface area contributed by atoms with Crippen LogP contribution in [0.25, 0.3) is 11.7 Å². The first-order chi connectivity index (χ1) is 17.9. The van der Waals surface area contributed by atoms with Gasteiger partial charge in [0.25, 0.3) is 11.5 Å². The zero-order chi connectivity index (χ0) is 26.4. The number of aryl methyl sites for hydroxylation is 2. The van der Waals surface area contributed by atoms with Crippen molar-refractivity contribution in [3.8, 4) is 0 Å². The van der Waals surface area contributed by atoms with Gasteiger partial charge in [-0.2, -0.15) is 0 Å². The van der Waals surface area contributed by atoms with Crippen LogP contribution >= 0.6 is 24.0 Å². The number of unbranched alkanes of at least 4 members (excludes halogenated alkanes) is 5. The molecule has 0 atom stereocenters. The van der Waals surface area contributed by atoms with Gasteiger partial charge >= 0.3 is 0 Å². The lowest BCUT2D eigenvalue weighted by atomic mass is 10.1. The fourth-order valence-corrected chi connectivity index (χ4v) is 5.52. The molecule has 0 spiro atoms. The molecule has 0 saturated carbocycles. The van der Waals surface area contributed by atoms with Crippen molar-refractivity contribution in [2.24, 2.45) is 0 Å². The van der Waals surface area contributed by atoms with Gasteiger partial charge in [-0.15, -0.1) is 0 Å². The number of amides is 1. The topological polar surface area (TPSA) is 66.7 Å². The molecule has 1 aromatic carbocycles. The number of carbonyl (C=O) groups is 1. The second-order valence-corrected chi connectivity index (χ2v) is 11.2. The zero-order valence-corrected chi connectivity index (χ0v) is 23.4. The minimum atomic E-state index is -0.206. The van der Waals surface area contributed by atoms with Crippen LogP contribution in [0.2, 0.25) is 0 Å². The number of nitrogens with one attached hydrogen (secondary N) is 1. The monoisotopic (exact) mass is 534 g/mol. The lowest BCUT2D eigenvalue weighted by molar-refractivity contribution is -0.122. The molecule has 6 nitrogen and oxygen atoms in total. The van der Waals surface area contributed by atoms with Crippen LogP contribution in [0.5, 0.6) is 0 Å². The van der Waals surface area contributed by atoms with E-state index in [1.54, 1.807) is 21.6 Å². The van der Waals surface area contributed by atoms with Gasteiger partial charge < -0.3 is 5.32 Å². The van der Waals surface area contributed by atoms with Crippen molar-refractivity contribution in [1.29, 1.82) is 0 Å². The van der Waals surface area contributed by atoms with E-state index in [1.165, 1.54) is 37.4 Å². The van der Waals surface area contributed by atoms with E-state index in [9.17, 15) is 9.59 Å². The summed E-state index contributed by atoms with van der Waals surface area (Å²) in [4.78, 5) is 33.7. The van der Waals surface area contributed by atoms with Crippen LogP contribution in [0.1, 0.15) is 67.7 Å². The van der Waals surface area contributed by atoms with Gasteiger partial charge in [0.2, 0.25) is 0 Å². The molecule has 3 aromatic rings. The molecule has 0 aliphatic carbocycles. The van der Waals surface area contributed by atoms with E-state index in [4.69, 9.17) is 17.2 Å². The summed E-state index contributed by atoms with van der Waals surface area (Å²) in [6, 6.07) is 11.8. The quantitative estimate of drug-likeness (QED) is 0.172. The van der Waals surface area contributed by atoms with E-state index >= 15 is 0 Å². The summed E-state index contributed by atoms with van der Waals surface area (Å²) in [5.41, 5.74) is 3.87. The van der Waals surface area contributed by atoms with Crippen LogP contribution in [0, 0.1) is 13.8 Å². The number of thioether (sulfide) groups is 1. The number of nitrogens with zero attached hydrogens (tertiary/aromatic N) is 3. The summed E-state index contributed by atoms with van der Waals surface area (Å²) in [6.45, 7) is 7.30. The van der Waals surface area contributed by atoms with Crippen LogP contribution in [-0.4, -0.2) is 31.1 Å². The van der Waals surface area contributed by atoms with Crippen molar-refractivity contribution in [2.45, 2.75) is 65.8 Å². The third kappa shape index (κ3) is 6.67. The second-order valence-electron chi connectivity index (χ2n) is 9.56. The maximum Gasteiger partial charge on any atom is 0.267 e. The van der Waals surface area contributed by atoms with Crippen LogP contribution in [0.15, 0.2) is 52.3 Å². The average molecular weight is 535 g/mol. The van der Waals surface area contributed by atoms with Crippen LogP contribution in [0.4, 0.5) is 5.82 Å². The highest BCUT2D eigenvalue weighted by molar-refractivity contribution is 8.26. The summed E-state index contributed by atoms with van der Waals surface area (Å²) < 4.78 is 2.03. The van der Waals surface area contributed by atoms with E-state index in [-0.39, 0.29) is 11.5 Å². The Balaban J connectivity index is 1.60. The van der Waals surface area contributed by atoms with Crippen molar-refractivity contribution < 1.29 is 4.79 Å². The molecule has 1 N–H and O–H groups in total. The molecule has 1 aliphatic heterocycles. The Hall–Kier alpha value is -2.97. The number of hydrogen-bond acceptors (Lipinski definition) is 6. The van der Waals surface area contributed by atoms with Crippen molar-refractivity contribution in [1.82, 2.24) is 14.3 Å². The number of hydrogen-bond donors (Lipinski definition) is 1. The molecule has 1 aliphatic rings. The Labute approximate surface area is 228 Å². The van der Waals surface area contributed by atoms with Crippen LogP contribution in [-0.2, 0) is 11.3 Å². The van der Waals surface area contributed by atoms with Crippen molar-refractivity contribution in [3.05, 3.63) is 80.1 Å². The van der Waals surface area contributed by atoms with Gasteiger partial charge in [0.1, 0.15) is 15.8 Å². The molecular formula is C29H34N4O2S2. The normalized spacial score (nSPS) is 14.8. The van der Waals surface area contributed by atoms with Gasteiger partial charge in [-0.25, -0.2) is 4.98 Å². The Morgan fingerprint density at radius 1 is 0.973 bits per heavy atom. The first kappa shape index (κ1) is 27.1. The van der Waals surface area contributed by atoms with E-state index in [2.05, 4.69) is 12.2 Å². The molecule has 0 radical (unpaired) electrons. The maximum atomic E-state index is 13.6. The highest BCUT2D eigenvalue weighted by Crippen LogP contribution is 2.34. The third-order valence-electron chi connectivity index (χ3n) is 6.44. The summed E-state index contributed by atoms with van der Waals surface area (Å²) in [6.07, 6.45) is 10.5. The Morgan fingerprint density at radius 2 is 1.68 bits per heavy atom. The molecule has 3 heterocycles. The highest BCUT2D eigenvalue weighted by Gasteiger charge is 2.32. The number of rotatable bonds is 11. The van der Waals surface area contributed by atoms with Crippen molar-refractivity contribution in [3.63, 3.8) is 0 Å². The van der Waals surface area contributed by atoms with Gasteiger partial charge in [-0.1, -0.05) is 98.9 Å².